The van der Waals surface area contributed by atoms with Crippen molar-refractivity contribution in [1.82, 2.24) is 9.88 Å². The number of hydrogen-bond acceptors (Lipinski definition) is 7. The van der Waals surface area contributed by atoms with Crippen LogP contribution in [0.1, 0.15) is 39.2 Å². The maximum Gasteiger partial charge on any atom is 0.325 e. The molecule has 1 aliphatic rings. The Labute approximate surface area is 175 Å². The maximum atomic E-state index is 12.2. The molecule has 0 amide bonds. The number of nitrogen functional groups attached to an aromatic ring is 1. The Morgan fingerprint density at radius 1 is 1.34 bits per heavy atom. The molecule has 2 aromatic rings. The molecule has 0 unspecified atom stereocenters. The molecular formula is C21H29N5O2S. The second kappa shape index (κ2) is 8.92. The molecule has 156 valence electrons. The van der Waals surface area contributed by atoms with E-state index in [1.807, 2.05) is 50.4 Å². The summed E-state index contributed by atoms with van der Waals surface area (Å²) in [5.74, 6) is -0.0959. The molecule has 29 heavy (non-hydrogen) atoms. The van der Waals surface area contributed by atoms with E-state index in [2.05, 4.69) is 10.2 Å². The number of amidine groups is 1. The smallest absolute Gasteiger partial charge is 0.325 e. The van der Waals surface area contributed by atoms with Crippen LogP contribution < -0.4 is 11.1 Å². The fraction of sp³-hybridized carbons (Fsp3) is 0.476. The van der Waals surface area contributed by atoms with Gasteiger partial charge in [0.2, 0.25) is 0 Å². The monoisotopic (exact) mass is 415 g/mol. The zero-order chi connectivity index (χ0) is 21.0. The number of rotatable bonds is 7. The van der Waals surface area contributed by atoms with Crippen LogP contribution in [0.25, 0.3) is 11.3 Å². The number of carbonyl (C=O) groups is 1. The molecule has 0 aliphatic carbocycles. The zero-order valence-corrected chi connectivity index (χ0v) is 18.0. The van der Waals surface area contributed by atoms with Gasteiger partial charge in [0.25, 0.3) is 0 Å². The van der Waals surface area contributed by atoms with E-state index in [9.17, 15) is 4.79 Å². The van der Waals surface area contributed by atoms with E-state index in [0.717, 1.165) is 42.3 Å². The van der Waals surface area contributed by atoms with Gasteiger partial charge >= 0.3 is 5.97 Å². The first-order valence-corrected chi connectivity index (χ1v) is 10.8. The number of anilines is 1. The lowest BCUT2D eigenvalue weighted by Crippen LogP contribution is -2.55. The Morgan fingerprint density at radius 3 is 2.59 bits per heavy atom. The minimum absolute atomic E-state index is 0.0645. The van der Waals surface area contributed by atoms with Crippen LogP contribution in [0.4, 0.5) is 5.13 Å². The molecule has 4 N–H and O–H groups in total. The van der Waals surface area contributed by atoms with Crippen LogP contribution in [0, 0.1) is 5.41 Å². The van der Waals surface area contributed by atoms with Gasteiger partial charge in [-0.15, -0.1) is 11.3 Å². The van der Waals surface area contributed by atoms with E-state index in [4.69, 9.17) is 20.9 Å². The summed E-state index contributed by atoms with van der Waals surface area (Å²) in [5, 5.41) is 14.0. The van der Waals surface area contributed by atoms with E-state index in [0.29, 0.717) is 18.2 Å². The molecule has 8 heteroatoms. The molecule has 1 saturated heterocycles. The Balaban J connectivity index is 1.56. The van der Waals surface area contributed by atoms with Crippen molar-refractivity contribution in [3.05, 3.63) is 35.2 Å². The van der Waals surface area contributed by atoms with E-state index in [1.165, 1.54) is 0 Å². The van der Waals surface area contributed by atoms with Crippen LogP contribution in [0.15, 0.2) is 29.6 Å². The second-order valence-electron chi connectivity index (χ2n) is 7.71. The van der Waals surface area contributed by atoms with E-state index >= 15 is 0 Å². The Morgan fingerprint density at radius 2 is 2.00 bits per heavy atom. The lowest BCUT2D eigenvalue weighted by Gasteiger charge is -2.41. The van der Waals surface area contributed by atoms with E-state index in [-0.39, 0.29) is 11.8 Å². The number of nitrogens with two attached hydrogens (primary N) is 1. The highest BCUT2D eigenvalue weighted by Gasteiger charge is 2.38. The molecule has 7 nitrogen and oxygen atoms in total. The highest BCUT2D eigenvalue weighted by atomic mass is 32.1. The minimum Gasteiger partial charge on any atom is -0.465 e. The highest BCUT2D eigenvalue weighted by molar-refractivity contribution is 7.14. The van der Waals surface area contributed by atoms with Crippen molar-refractivity contribution in [3.63, 3.8) is 0 Å². The van der Waals surface area contributed by atoms with Gasteiger partial charge in [0.1, 0.15) is 11.4 Å². The SMILES string of the molecule is CCOC(=O)C(C)(C)N1CCC(Nc2nc(-c3ccc(C(=N)N)cc3)cs2)CC1. The summed E-state index contributed by atoms with van der Waals surface area (Å²) in [6, 6.07) is 7.89. The highest BCUT2D eigenvalue weighted by Crippen LogP contribution is 2.28. The van der Waals surface area contributed by atoms with Crippen LogP contribution >= 0.6 is 11.3 Å². The van der Waals surface area contributed by atoms with Gasteiger partial charge < -0.3 is 15.8 Å². The summed E-state index contributed by atoms with van der Waals surface area (Å²) in [4.78, 5) is 19.1. The first-order chi connectivity index (χ1) is 13.8. The summed E-state index contributed by atoms with van der Waals surface area (Å²) in [6.45, 7) is 7.79. The molecule has 0 bridgehead atoms. The lowest BCUT2D eigenvalue weighted by molar-refractivity contribution is -0.156. The van der Waals surface area contributed by atoms with Crippen LogP contribution in [-0.2, 0) is 9.53 Å². The van der Waals surface area contributed by atoms with Crippen molar-refractivity contribution in [2.45, 2.75) is 45.2 Å². The van der Waals surface area contributed by atoms with Gasteiger partial charge in [-0.3, -0.25) is 15.1 Å². The maximum absolute atomic E-state index is 12.2. The zero-order valence-electron chi connectivity index (χ0n) is 17.2. The Bertz CT molecular complexity index is 854. The predicted molar refractivity (Wildman–Crippen MR) is 117 cm³/mol. The van der Waals surface area contributed by atoms with Crippen LogP contribution in [-0.4, -0.2) is 53.0 Å². The van der Waals surface area contributed by atoms with Gasteiger partial charge in [0.15, 0.2) is 5.13 Å². The lowest BCUT2D eigenvalue weighted by atomic mass is 9.96. The number of piperidine rings is 1. The van der Waals surface area contributed by atoms with Crippen molar-refractivity contribution in [3.8, 4) is 11.3 Å². The van der Waals surface area contributed by atoms with Crippen LogP contribution in [0.2, 0.25) is 0 Å². The summed E-state index contributed by atoms with van der Waals surface area (Å²) < 4.78 is 5.22. The summed E-state index contributed by atoms with van der Waals surface area (Å²) in [7, 11) is 0. The van der Waals surface area contributed by atoms with Gasteiger partial charge in [-0.1, -0.05) is 24.3 Å². The Kier molecular flexibility index (Phi) is 6.54. The first kappa shape index (κ1) is 21.3. The van der Waals surface area contributed by atoms with Crippen molar-refractivity contribution in [1.29, 1.82) is 5.41 Å². The molecule has 1 aromatic heterocycles. The second-order valence-corrected chi connectivity index (χ2v) is 8.57. The average Bonchev–Trinajstić information content (AvgIpc) is 3.17. The summed E-state index contributed by atoms with van der Waals surface area (Å²) in [6.07, 6.45) is 1.90. The molecule has 2 heterocycles. The first-order valence-electron chi connectivity index (χ1n) is 9.90. The summed E-state index contributed by atoms with van der Waals surface area (Å²) >= 11 is 1.59. The number of aromatic nitrogens is 1. The van der Waals surface area contributed by atoms with Gasteiger partial charge in [-0.05, 0) is 33.6 Å². The third kappa shape index (κ3) is 4.94. The molecular weight excluding hydrogens is 386 g/mol. The average molecular weight is 416 g/mol. The van der Waals surface area contributed by atoms with Crippen molar-refractivity contribution in [2.75, 3.05) is 25.0 Å². The topological polar surface area (TPSA) is 104 Å². The van der Waals surface area contributed by atoms with Gasteiger partial charge in [-0.2, -0.15) is 0 Å². The number of esters is 1. The molecule has 3 rings (SSSR count). The number of thiazole rings is 1. The van der Waals surface area contributed by atoms with E-state index in [1.54, 1.807) is 11.3 Å². The van der Waals surface area contributed by atoms with Crippen molar-refractivity contribution in [2.24, 2.45) is 5.73 Å². The van der Waals surface area contributed by atoms with Gasteiger partial charge in [-0.25, -0.2) is 4.98 Å². The minimum atomic E-state index is -0.596. The third-order valence-electron chi connectivity index (χ3n) is 5.38. The fourth-order valence-corrected chi connectivity index (χ4v) is 4.29. The van der Waals surface area contributed by atoms with Crippen LogP contribution in [0.3, 0.4) is 0 Å². The van der Waals surface area contributed by atoms with Crippen molar-refractivity contribution >= 4 is 28.3 Å². The summed E-state index contributed by atoms with van der Waals surface area (Å²) in [5.41, 5.74) is 7.54. The van der Waals surface area contributed by atoms with E-state index < -0.39 is 5.54 Å². The Hall–Kier alpha value is -2.45. The van der Waals surface area contributed by atoms with Crippen LogP contribution in [0.5, 0.6) is 0 Å². The molecule has 0 radical (unpaired) electrons. The molecule has 1 aromatic carbocycles. The number of carbonyl (C=O) groups excluding carboxylic acids is 1. The predicted octanol–water partition coefficient (Wildman–Crippen LogP) is 3.31. The molecule has 0 saturated carbocycles. The van der Waals surface area contributed by atoms with Gasteiger partial charge in [0.05, 0.1) is 12.3 Å². The largest absolute Gasteiger partial charge is 0.465 e. The number of ether oxygens (including phenoxy) is 1. The molecule has 1 fully saturated rings. The quantitative estimate of drug-likeness (QED) is 0.364. The van der Waals surface area contributed by atoms with Gasteiger partial charge in [0, 0.05) is 35.6 Å². The molecule has 1 aliphatic heterocycles. The normalized spacial score (nSPS) is 15.8. The number of nitrogens with zero attached hydrogens (tertiary/aromatic N) is 2. The third-order valence-corrected chi connectivity index (χ3v) is 6.16. The standard InChI is InChI=1S/C21H29N5O2S/c1-4-28-19(27)21(2,3)26-11-9-16(10-12-26)24-20-25-17(13-29-20)14-5-7-15(8-6-14)18(22)23/h5-8,13,16H,4,9-12H2,1-3H3,(H3,22,23)(H,24,25). The number of benzene rings is 1. The number of hydrogen-bond donors (Lipinski definition) is 3. The molecule has 0 atom stereocenters. The number of nitrogens with one attached hydrogen (secondary N) is 2. The number of likely N-dealkylation sites (tertiary alicyclic amines) is 1. The van der Waals surface area contributed by atoms with Crippen molar-refractivity contribution < 1.29 is 9.53 Å². The molecule has 0 spiro atoms. The fourth-order valence-electron chi connectivity index (χ4n) is 3.49.